The highest BCUT2D eigenvalue weighted by molar-refractivity contribution is 5.96. The van der Waals surface area contributed by atoms with Crippen molar-refractivity contribution in [2.75, 3.05) is 13.1 Å². The summed E-state index contributed by atoms with van der Waals surface area (Å²) in [5.41, 5.74) is 4.46. The Labute approximate surface area is 165 Å². The first-order valence-corrected chi connectivity index (χ1v) is 9.38. The summed E-state index contributed by atoms with van der Waals surface area (Å²) < 4.78 is 2.14. The van der Waals surface area contributed by atoms with Crippen LogP contribution >= 0.6 is 0 Å². The second kappa shape index (κ2) is 9.04. The third-order valence-electron chi connectivity index (χ3n) is 4.73. The molecule has 0 saturated carbocycles. The molecular formula is C23H25N3O2. The number of carbonyl (C=O) groups excluding carboxylic acids is 2. The molecule has 5 nitrogen and oxygen atoms in total. The second-order valence-electron chi connectivity index (χ2n) is 6.73. The minimum absolute atomic E-state index is 0.124. The van der Waals surface area contributed by atoms with Gasteiger partial charge in [-0.15, -0.1) is 0 Å². The summed E-state index contributed by atoms with van der Waals surface area (Å²) in [6.07, 6.45) is 0. The van der Waals surface area contributed by atoms with Gasteiger partial charge in [-0.05, 0) is 37.6 Å². The quantitative estimate of drug-likeness (QED) is 0.622. The van der Waals surface area contributed by atoms with E-state index in [1.54, 1.807) is 12.1 Å². The van der Waals surface area contributed by atoms with Crippen LogP contribution in [0.15, 0.2) is 66.7 Å². The molecule has 144 valence electrons. The van der Waals surface area contributed by atoms with Gasteiger partial charge in [-0.1, -0.05) is 48.5 Å². The maximum atomic E-state index is 12.6. The number of aromatic nitrogens is 1. The van der Waals surface area contributed by atoms with Crippen LogP contribution in [-0.4, -0.2) is 29.5 Å². The van der Waals surface area contributed by atoms with E-state index in [1.807, 2.05) is 56.3 Å². The molecule has 0 spiro atoms. The zero-order valence-corrected chi connectivity index (χ0v) is 16.2. The largest absolute Gasteiger partial charge is 0.350 e. The van der Waals surface area contributed by atoms with E-state index >= 15 is 0 Å². The van der Waals surface area contributed by atoms with Gasteiger partial charge in [0.1, 0.15) is 0 Å². The van der Waals surface area contributed by atoms with Crippen molar-refractivity contribution in [2.45, 2.75) is 20.4 Å². The van der Waals surface area contributed by atoms with E-state index in [1.165, 1.54) is 5.56 Å². The first-order valence-electron chi connectivity index (χ1n) is 9.38. The molecule has 5 heteroatoms. The third-order valence-corrected chi connectivity index (χ3v) is 4.73. The molecule has 3 rings (SSSR count). The molecule has 28 heavy (non-hydrogen) atoms. The van der Waals surface area contributed by atoms with Crippen LogP contribution in [0.25, 0.3) is 0 Å². The average molecular weight is 375 g/mol. The number of benzene rings is 2. The van der Waals surface area contributed by atoms with Crippen LogP contribution in [0.3, 0.4) is 0 Å². The van der Waals surface area contributed by atoms with Gasteiger partial charge in [0.05, 0.1) is 5.56 Å². The van der Waals surface area contributed by atoms with E-state index in [2.05, 4.69) is 27.3 Å². The van der Waals surface area contributed by atoms with Crippen LogP contribution in [0.2, 0.25) is 0 Å². The fraction of sp³-hybridized carbons (Fsp3) is 0.217. The first-order chi connectivity index (χ1) is 13.6. The van der Waals surface area contributed by atoms with Gasteiger partial charge in [-0.25, -0.2) is 0 Å². The zero-order chi connectivity index (χ0) is 19.9. The molecule has 0 bridgehead atoms. The van der Waals surface area contributed by atoms with Crippen molar-refractivity contribution in [2.24, 2.45) is 0 Å². The molecule has 0 atom stereocenters. The van der Waals surface area contributed by atoms with Gasteiger partial charge in [0.2, 0.25) is 0 Å². The number of nitrogens with zero attached hydrogens (tertiary/aromatic N) is 1. The van der Waals surface area contributed by atoms with E-state index < -0.39 is 0 Å². The molecule has 0 radical (unpaired) electrons. The molecule has 0 unspecified atom stereocenters. The standard InChI is InChI=1S/C23H25N3O2/c1-17-15-21(18(2)26(17)16-19-9-5-3-6-10-19)23(28)25-14-13-24-22(27)20-11-7-4-8-12-20/h3-12,15H,13-14,16H2,1-2H3,(H,24,27)(H,25,28). The van der Waals surface area contributed by atoms with Gasteiger partial charge in [-0.3, -0.25) is 9.59 Å². The molecule has 2 N–H and O–H groups in total. The lowest BCUT2D eigenvalue weighted by molar-refractivity contribution is 0.0927. The average Bonchev–Trinajstić information content (AvgIpc) is 3.00. The fourth-order valence-corrected chi connectivity index (χ4v) is 3.18. The van der Waals surface area contributed by atoms with Crippen LogP contribution < -0.4 is 10.6 Å². The van der Waals surface area contributed by atoms with Crippen LogP contribution in [0, 0.1) is 13.8 Å². The summed E-state index contributed by atoms with van der Waals surface area (Å²) in [6.45, 7) is 5.45. The molecule has 1 aromatic heterocycles. The smallest absolute Gasteiger partial charge is 0.253 e. The van der Waals surface area contributed by atoms with Gasteiger partial charge in [0.15, 0.2) is 0 Å². The normalized spacial score (nSPS) is 10.5. The predicted octanol–water partition coefficient (Wildman–Crippen LogP) is 3.31. The Balaban J connectivity index is 1.55. The van der Waals surface area contributed by atoms with E-state index in [0.29, 0.717) is 24.2 Å². The Morgan fingerprint density at radius 1 is 0.821 bits per heavy atom. The number of hydrogen-bond acceptors (Lipinski definition) is 2. The maximum absolute atomic E-state index is 12.6. The topological polar surface area (TPSA) is 63.1 Å². The van der Waals surface area contributed by atoms with Crippen molar-refractivity contribution < 1.29 is 9.59 Å². The minimum Gasteiger partial charge on any atom is -0.350 e. The van der Waals surface area contributed by atoms with Gasteiger partial charge < -0.3 is 15.2 Å². The molecule has 0 aliphatic carbocycles. The summed E-state index contributed by atoms with van der Waals surface area (Å²) in [4.78, 5) is 24.6. The number of rotatable bonds is 7. The van der Waals surface area contributed by atoms with Gasteiger partial charge >= 0.3 is 0 Å². The first kappa shape index (κ1) is 19.4. The van der Waals surface area contributed by atoms with Gasteiger partial charge in [-0.2, -0.15) is 0 Å². The summed E-state index contributed by atoms with van der Waals surface area (Å²) in [7, 11) is 0. The lowest BCUT2D eigenvalue weighted by Gasteiger charge is -2.10. The zero-order valence-electron chi connectivity index (χ0n) is 16.2. The molecule has 1 heterocycles. The Hall–Kier alpha value is -3.34. The molecule has 0 aliphatic heterocycles. The summed E-state index contributed by atoms with van der Waals surface area (Å²) in [5, 5.41) is 5.69. The van der Waals surface area contributed by atoms with Crippen molar-refractivity contribution in [3.05, 3.63) is 94.8 Å². The molecule has 0 aliphatic rings. The molecule has 2 aromatic carbocycles. The van der Waals surface area contributed by atoms with E-state index in [0.717, 1.165) is 17.9 Å². The van der Waals surface area contributed by atoms with E-state index in [9.17, 15) is 9.59 Å². The van der Waals surface area contributed by atoms with Crippen LogP contribution in [0.5, 0.6) is 0 Å². The van der Waals surface area contributed by atoms with Gasteiger partial charge in [0.25, 0.3) is 11.8 Å². The highest BCUT2D eigenvalue weighted by Crippen LogP contribution is 2.17. The lowest BCUT2D eigenvalue weighted by atomic mass is 10.2. The Kier molecular flexibility index (Phi) is 6.27. The second-order valence-corrected chi connectivity index (χ2v) is 6.73. The van der Waals surface area contributed by atoms with Crippen LogP contribution in [-0.2, 0) is 6.54 Å². The monoisotopic (exact) mass is 375 g/mol. The van der Waals surface area contributed by atoms with Crippen molar-refractivity contribution in [1.82, 2.24) is 15.2 Å². The van der Waals surface area contributed by atoms with Crippen LogP contribution in [0.1, 0.15) is 37.7 Å². The fourth-order valence-electron chi connectivity index (χ4n) is 3.18. The van der Waals surface area contributed by atoms with E-state index in [4.69, 9.17) is 0 Å². The predicted molar refractivity (Wildman–Crippen MR) is 111 cm³/mol. The molecule has 0 fully saturated rings. The highest BCUT2D eigenvalue weighted by Gasteiger charge is 2.15. The molecule has 3 aromatic rings. The third kappa shape index (κ3) is 4.68. The van der Waals surface area contributed by atoms with E-state index in [-0.39, 0.29) is 11.8 Å². The van der Waals surface area contributed by atoms with Crippen molar-refractivity contribution in [3.8, 4) is 0 Å². The van der Waals surface area contributed by atoms with Crippen LogP contribution in [0.4, 0.5) is 0 Å². The number of nitrogens with one attached hydrogen (secondary N) is 2. The Bertz CT molecular complexity index is 947. The highest BCUT2D eigenvalue weighted by atomic mass is 16.2. The molecule has 2 amide bonds. The molecular weight excluding hydrogens is 350 g/mol. The number of aryl methyl sites for hydroxylation is 1. The summed E-state index contributed by atoms with van der Waals surface area (Å²) in [5.74, 6) is -0.266. The number of hydrogen-bond donors (Lipinski definition) is 2. The Morgan fingerprint density at radius 3 is 2.04 bits per heavy atom. The number of carbonyl (C=O) groups is 2. The van der Waals surface area contributed by atoms with Crippen molar-refractivity contribution in [1.29, 1.82) is 0 Å². The summed E-state index contributed by atoms with van der Waals surface area (Å²) >= 11 is 0. The summed E-state index contributed by atoms with van der Waals surface area (Å²) in [6, 6.07) is 21.1. The minimum atomic E-state index is -0.143. The maximum Gasteiger partial charge on any atom is 0.253 e. The van der Waals surface area contributed by atoms with Gasteiger partial charge in [0, 0.05) is 36.6 Å². The lowest BCUT2D eigenvalue weighted by Crippen LogP contribution is -2.34. The molecule has 0 saturated heterocycles. The Morgan fingerprint density at radius 2 is 1.39 bits per heavy atom. The SMILES string of the molecule is Cc1cc(C(=O)NCCNC(=O)c2ccccc2)c(C)n1Cc1ccccc1. The van der Waals surface area contributed by atoms with Crippen molar-refractivity contribution >= 4 is 11.8 Å². The number of amides is 2. The van der Waals surface area contributed by atoms with Crippen molar-refractivity contribution in [3.63, 3.8) is 0 Å².